The lowest BCUT2D eigenvalue weighted by atomic mass is 10.2. The van der Waals surface area contributed by atoms with Gasteiger partial charge in [0.25, 0.3) is 0 Å². The van der Waals surface area contributed by atoms with Gasteiger partial charge in [-0.3, -0.25) is 0 Å². The first-order valence-corrected chi connectivity index (χ1v) is 7.59. The maximum Gasteiger partial charge on any atom is 0.0701 e. The molecule has 1 atom stereocenters. The highest BCUT2D eigenvalue weighted by Gasteiger charge is 2.14. The second-order valence-electron chi connectivity index (χ2n) is 4.44. The zero-order valence-corrected chi connectivity index (χ0v) is 12.5. The minimum Gasteiger partial charge on any atom is -0.378 e. The summed E-state index contributed by atoms with van der Waals surface area (Å²) in [5.74, 6) is 0. The fourth-order valence-corrected chi connectivity index (χ4v) is 3.46. The molecule has 17 heavy (non-hydrogen) atoms. The van der Waals surface area contributed by atoms with Gasteiger partial charge in [0, 0.05) is 30.6 Å². The molecular weight excluding hydrogens is 300 g/mol. The number of ether oxygens (including phenoxy) is 1. The Morgan fingerprint density at radius 3 is 3.12 bits per heavy atom. The Kier molecular flexibility index (Phi) is 5.44. The third-order valence-electron chi connectivity index (χ3n) is 2.90. The lowest BCUT2D eigenvalue weighted by molar-refractivity contribution is 0.0655. The summed E-state index contributed by atoms with van der Waals surface area (Å²) in [6.45, 7) is 4.84. The molecule has 1 aliphatic rings. The van der Waals surface area contributed by atoms with Crippen LogP contribution in [-0.4, -0.2) is 50.8 Å². The van der Waals surface area contributed by atoms with Crippen LogP contribution < -0.4 is 5.32 Å². The molecule has 0 spiro atoms. The molecule has 0 aliphatic carbocycles. The summed E-state index contributed by atoms with van der Waals surface area (Å²) in [5, 5.41) is 3.48. The Hall–Kier alpha value is 0.0600. The van der Waals surface area contributed by atoms with Crippen LogP contribution in [0.1, 0.15) is 4.88 Å². The van der Waals surface area contributed by atoms with E-state index in [1.807, 2.05) is 11.3 Å². The Balaban J connectivity index is 1.68. The maximum absolute atomic E-state index is 5.46. The summed E-state index contributed by atoms with van der Waals surface area (Å²) < 4.78 is 6.68. The van der Waals surface area contributed by atoms with Crippen LogP contribution >= 0.6 is 27.3 Å². The minimum atomic E-state index is 0.490. The average Bonchev–Trinajstić information content (AvgIpc) is 2.74. The second kappa shape index (κ2) is 6.85. The molecule has 1 aromatic heterocycles. The summed E-state index contributed by atoms with van der Waals surface area (Å²) in [7, 11) is 2.18. The van der Waals surface area contributed by atoms with E-state index >= 15 is 0 Å². The summed E-state index contributed by atoms with van der Waals surface area (Å²) in [6, 6.07) is 4.81. The van der Waals surface area contributed by atoms with Gasteiger partial charge < -0.3 is 15.0 Å². The smallest absolute Gasteiger partial charge is 0.0701 e. The van der Waals surface area contributed by atoms with Crippen molar-refractivity contribution in [3.8, 4) is 0 Å². The van der Waals surface area contributed by atoms with Crippen molar-refractivity contribution in [2.24, 2.45) is 0 Å². The van der Waals surface area contributed by atoms with Gasteiger partial charge in [0.15, 0.2) is 0 Å². The van der Waals surface area contributed by atoms with Gasteiger partial charge in [-0.05, 0) is 41.5 Å². The van der Waals surface area contributed by atoms with Gasteiger partial charge >= 0.3 is 0 Å². The third-order valence-corrected chi connectivity index (χ3v) is 4.58. The van der Waals surface area contributed by atoms with E-state index in [0.717, 1.165) is 39.3 Å². The van der Waals surface area contributed by atoms with E-state index < -0.39 is 0 Å². The molecule has 96 valence electrons. The molecule has 0 saturated carbocycles. The Bertz CT molecular complexity index is 339. The number of likely N-dealkylation sites (N-methyl/N-ethyl adjacent to an activating group) is 1. The minimum absolute atomic E-state index is 0.490. The number of nitrogens with zero attached hydrogens (tertiary/aromatic N) is 1. The second-order valence-corrected chi connectivity index (χ2v) is 6.99. The molecule has 2 rings (SSSR count). The van der Waals surface area contributed by atoms with Crippen LogP contribution in [0.3, 0.4) is 0 Å². The van der Waals surface area contributed by atoms with E-state index in [1.54, 1.807) is 0 Å². The molecular formula is C12H19BrN2OS. The molecule has 0 aromatic carbocycles. The molecule has 0 amide bonds. The number of rotatable bonds is 5. The van der Waals surface area contributed by atoms with Gasteiger partial charge in [-0.25, -0.2) is 0 Å². The van der Waals surface area contributed by atoms with Gasteiger partial charge in [-0.1, -0.05) is 0 Å². The largest absolute Gasteiger partial charge is 0.378 e. The van der Waals surface area contributed by atoms with Gasteiger partial charge in [-0.2, -0.15) is 0 Å². The van der Waals surface area contributed by atoms with E-state index in [2.05, 4.69) is 45.3 Å². The van der Waals surface area contributed by atoms with Crippen molar-refractivity contribution in [2.75, 3.05) is 39.9 Å². The zero-order chi connectivity index (χ0) is 12.1. The van der Waals surface area contributed by atoms with E-state index in [0.29, 0.717) is 6.04 Å². The van der Waals surface area contributed by atoms with Crippen LogP contribution in [-0.2, 0) is 11.2 Å². The molecule has 1 fully saturated rings. The number of hydrogen-bond donors (Lipinski definition) is 1. The first kappa shape index (κ1) is 13.5. The van der Waals surface area contributed by atoms with Gasteiger partial charge in [-0.15, -0.1) is 11.3 Å². The highest BCUT2D eigenvalue weighted by Crippen LogP contribution is 2.22. The molecule has 0 radical (unpaired) electrons. The molecule has 1 aromatic rings. The van der Waals surface area contributed by atoms with Crippen LogP contribution in [0.2, 0.25) is 0 Å². The first-order chi connectivity index (χ1) is 8.24. The Labute approximate surface area is 115 Å². The lowest BCUT2D eigenvalue weighted by Crippen LogP contribution is -2.47. The SMILES string of the molecule is CN(CCc1ccc(Br)s1)CC1COCCN1. The van der Waals surface area contributed by atoms with Crippen molar-refractivity contribution < 1.29 is 4.74 Å². The predicted octanol–water partition coefficient (Wildman–Crippen LogP) is 1.97. The van der Waals surface area contributed by atoms with Gasteiger partial charge in [0.2, 0.25) is 0 Å². The third kappa shape index (κ3) is 4.67. The summed E-state index contributed by atoms with van der Waals surface area (Å²) in [6.07, 6.45) is 1.13. The fraction of sp³-hybridized carbons (Fsp3) is 0.667. The summed E-state index contributed by atoms with van der Waals surface area (Å²) in [4.78, 5) is 3.82. The number of morpholine rings is 1. The normalized spacial score (nSPS) is 21.0. The van der Waals surface area contributed by atoms with Crippen LogP contribution in [0.15, 0.2) is 15.9 Å². The van der Waals surface area contributed by atoms with Crippen LogP contribution in [0.5, 0.6) is 0 Å². The van der Waals surface area contributed by atoms with E-state index in [9.17, 15) is 0 Å². The standard InChI is InChI=1S/C12H19BrN2OS/c1-15(8-10-9-16-7-5-14-10)6-4-11-2-3-12(13)17-11/h2-3,10,14H,4-9H2,1H3. The zero-order valence-electron chi connectivity index (χ0n) is 10.1. The average molecular weight is 319 g/mol. The molecule has 1 aliphatic heterocycles. The van der Waals surface area contributed by atoms with Gasteiger partial charge in [0.05, 0.1) is 17.0 Å². The lowest BCUT2D eigenvalue weighted by Gasteiger charge is -2.28. The highest BCUT2D eigenvalue weighted by molar-refractivity contribution is 9.11. The molecule has 5 heteroatoms. The molecule has 1 unspecified atom stereocenters. The van der Waals surface area contributed by atoms with E-state index in [-0.39, 0.29) is 0 Å². The van der Waals surface area contributed by atoms with Crippen molar-refractivity contribution in [3.63, 3.8) is 0 Å². The number of thiophene rings is 1. The van der Waals surface area contributed by atoms with Crippen molar-refractivity contribution in [3.05, 3.63) is 20.8 Å². The van der Waals surface area contributed by atoms with Crippen LogP contribution in [0, 0.1) is 0 Å². The number of nitrogens with one attached hydrogen (secondary N) is 1. The van der Waals surface area contributed by atoms with Crippen molar-refractivity contribution >= 4 is 27.3 Å². The highest BCUT2D eigenvalue weighted by atomic mass is 79.9. The van der Waals surface area contributed by atoms with Crippen LogP contribution in [0.25, 0.3) is 0 Å². The number of halogens is 1. The number of hydrogen-bond acceptors (Lipinski definition) is 4. The van der Waals surface area contributed by atoms with Gasteiger partial charge in [0.1, 0.15) is 0 Å². The van der Waals surface area contributed by atoms with Crippen molar-refractivity contribution in [1.82, 2.24) is 10.2 Å². The quantitative estimate of drug-likeness (QED) is 0.898. The van der Waals surface area contributed by atoms with E-state index in [4.69, 9.17) is 4.74 Å². The molecule has 3 nitrogen and oxygen atoms in total. The monoisotopic (exact) mass is 318 g/mol. The fourth-order valence-electron chi connectivity index (χ4n) is 1.99. The predicted molar refractivity (Wildman–Crippen MR) is 75.8 cm³/mol. The Morgan fingerprint density at radius 2 is 2.47 bits per heavy atom. The molecule has 0 bridgehead atoms. The van der Waals surface area contributed by atoms with E-state index in [1.165, 1.54) is 8.66 Å². The topological polar surface area (TPSA) is 24.5 Å². The molecule has 2 heterocycles. The summed E-state index contributed by atoms with van der Waals surface area (Å²) >= 11 is 5.32. The maximum atomic E-state index is 5.46. The molecule has 1 N–H and O–H groups in total. The van der Waals surface area contributed by atoms with Crippen LogP contribution in [0.4, 0.5) is 0 Å². The van der Waals surface area contributed by atoms with Crippen molar-refractivity contribution in [1.29, 1.82) is 0 Å². The first-order valence-electron chi connectivity index (χ1n) is 5.98. The Morgan fingerprint density at radius 1 is 1.59 bits per heavy atom. The molecule has 1 saturated heterocycles. The van der Waals surface area contributed by atoms with Crippen molar-refractivity contribution in [2.45, 2.75) is 12.5 Å². The summed E-state index contributed by atoms with van der Waals surface area (Å²) in [5.41, 5.74) is 0.